The molecule has 0 spiro atoms. The van der Waals surface area contributed by atoms with Crippen LogP contribution in [0.2, 0.25) is 5.02 Å². The Morgan fingerprint density at radius 3 is 2.65 bits per heavy atom. The van der Waals surface area contributed by atoms with Crippen molar-refractivity contribution in [2.45, 2.75) is 19.1 Å². The Morgan fingerprint density at radius 1 is 1.06 bits per heavy atom. The molecule has 3 aromatic rings. The number of carboxylic acid groups (broad SMARTS) is 1. The number of amides is 1. The van der Waals surface area contributed by atoms with Crippen molar-refractivity contribution < 1.29 is 33.0 Å². The van der Waals surface area contributed by atoms with Crippen molar-refractivity contribution in [3.63, 3.8) is 0 Å². The third-order valence-corrected chi connectivity index (χ3v) is 5.75. The fourth-order valence-electron chi connectivity index (χ4n) is 3.98. The lowest BCUT2D eigenvalue weighted by atomic mass is 9.88. The molecule has 1 amide bonds. The Balaban J connectivity index is 1.69. The molecule has 6 nitrogen and oxygen atoms in total. The number of benzene rings is 3. The van der Waals surface area contributed by atoms with Gasteiger partial charge in [-0.25, -0.2) is 18.4 Å². The van der Waals surface area contributed by atoms with Crippen LogP contribution < -0.4 is 4.74 Å². The molecule has 1 aliphatic heterocycles. The molecule has 0 bridgehead atoms. The first-order valence-electron chi connectivity index (χ1n) is 10.4. The molecular weight excluding hydrogens is 468 g/mol. The van der Waals surface area contributed by atoms with Crippen LogP contribution in [0.25, 0.3) is 0 Å². The van der Waals surface area contributed by atoms with Crippen LogP contribution >= 0.6 is 11.6 Å². The highest BCUT2D eigenvalue weighted by Gasteiger charge is 2.35. The summed E-state index contributed by atoms with van der Waals surface area (Å²) in [6.07, 6.45) is -0.200. The number of nitrogens with zero attached hydrogens (tertiary/aromatic N) is 1. The number of rotatable bonds is 6. The smallest absolute Gasteiger partial charge is 0.410 e. The van der Waals surface area contributed by atoms with Crippen molar-refractivity contribution in [2.24, 2.45) is 0 Å². The van der Waals surface area contributed by atoms with Crippen LogP contribution in [-0.2, 0) is 22.6 Å². The number of hydrogen-bond donors (Lipinski definition) is 1. The number of fused-ring (bicyclic) bond motifs is 1. The molecule has 1 heterocycles. The van der Waals surface area contributed by atoms with Gasteiger partial charge in [-0.2, -0.15) is 0 Å². The number of halogens is 3. The Morgan fingerprint density at radius 2 is 1.85 bits per heavy atom. The average molecular weight is 488 g/mol. The Hall–Kier alpha value is -3.65. The fraction of sp³-hybridized carbons (Fsp3) is 0.200. The van der Waals surface area contributed by atoms with Crippen LogP contribution in [0.5, 0.6) is 5.75 Å². The molecule has 0 aliphatic carbocycles. The molecule has 34 heavy (non-hydrogen) atoms. The summed E-state index contributed by atoms with van der Waals surface area (Å²) in [5.41, 5.74) is 2.19. The zero-order valence-corrected chi connectivity index (χ0v) is 18.6. The maximum Gasteiger partial charge on any atom is 0.410 e. The molecule has 1 unspecified atom stereocenters. The summed E-state index contributed by atoms with van der Waals surface area (Å²) in [6.45, 7) is -0.755. The first kappa shape index (κ1) is 23.5. The maximum atomic E-state index is 14.0. The molecule has 176 valence electrons. The molecular formula is C25H20ClF2NO5. The molecule has 3 aromatic carbocycles. The third-order valence-electron chi connectivity index (χ3n) is 5.52. The number of hydrogen-bond acceptors (Lipinski definition) is 4. The first-order chi connectivity index (χ1) is 16.3. The zero-order chi connectivity index (χ0) is 24.2. The van der Waals surface area contributed by atoms with Crippen LogP contribution in [0.4, 0.5) is 13.6 Å². The highest BCUT2D eigenvalue weighted by Crippen LogP contribution is 2.40. The fourth-order valence-corrected chi connectivity index (χ4v) is 4.17. The second kappa shape index (κ2) is 10.1. The quantitative estimate of drug-likeness (QED) is 0.506. The lowest BCUT2D eigenvalue weighted by Gasteiger charge is -2.37. The van der Waals surface area contributed by atoms with Crippen molar-refractivity contribution >= 4 is 23.7 Å². The van der Waals surface area contributed by atoms with Gasteiger partial charge in [0.2, 0.25) is 0 Å². The predicted molar refractivity (Wildman–Crippen MR) is 120 cm³/mol. The minimum absolute atomic E-state index is 0.0875. The molecule has 9 heteroatoms. The molecule has 0 aromatic heterocycles. The van der Waals surface area contributed by atoms with Gasteiger partial charge in [-0.15, -0.1) is 0 Å². The van der Waals surface area contributed by atoms with E-state index in [2.05, 4.69) is 0 Å². The molecule has 4 rings (SSSR count). The van der Waals surface area contributed by atoms with E-state index >= 15 is 0 Å². The van der Waals surface area contributed by atoms with Crippen LogP contribution in [0.15, 0.2) is 60.7 Å². The Bertz CT molecular complexity index is 1240. The minimum Gasteiger partial charge on any atom is -0.482 e. The molecule has 1 N–H and O–H groups in total. The highest BCUT2D eigenvalue weighted by molar-refractivity contribution is 6.30. The van der Waals surface area contributed by atoms with Crippen molar-refractivity contribution in [1.29, 1.82) is 0 Å². The topological polar surface area (TPSA) is 76.1 Å². The number of ether oxygens (including phenoxy) is 2. The minimum atomic E-state index is -1.15. The summed E-state index contributed by atoms with van der Waals surface area (Å²) in [4.78, 5) is 25.7. The maximum absolute atomic E-state index is 14.0. The number of carbonyl (C=O) groups is 2. The molecule has 0 saturated heterocycles. The zero-order valence-electron chi connectivity index (χ0n) is 17.8. The van der Waals surface area contributed by atoms with Crippen LogP contribution in [0, 0.1) is 11.6 Å². The number of carbonyl (C=O) groups excluding carboxylic acids is 1. The summed E-state index contributed by atoms with van der Waals surface area (Å²) in [5, 5.41) is 9.43. The Labute approximate surface area is 199 Å². The van der Waals surface area contributed by atoms with Gasteiger partial charge in [0.25, 0.3) is 0 Å². The van der Waals surface area contributed by atoms with Crippen molar-refractivity contribution in [2.75, 3.05) is 13.2 Å². The summed E-state index contributed by atoms with van der Waals surface area (Å²) in [5.74, 6) is -3.01. The van der Waals surface area contributed by atoms with Crippen molar-refractivity contribution in [3.05, 3.63) is 99.6 Å². The van der Waals surface area contributed by atoms with Gasteiger partial charge >= 0.3 is 12.1 Å². The van der Waals surface area contributed by atoms with Gasteiger partial charge in [0.05, 0.1) is 6.04 Å². The second-order valence-electron chi connectivity index (χ2n) is 7.68. The molecule has 1 aliphatic rings. The van der Waals surface area contributed by atoms with Crippen molar-refractivity contribution in [1.82, 2.24) is 4.90 Å². The van der Waals surface area contributed by atoms with Gasteiger partial charge in [0.15, 0.2) is 18.2 Å². The van der Waals surface area contributed by atoms with E-state index in [9.17, 15) is 18.4 Å². The highest BCUT2D eigenvalue weighted by atomic mass is 35.5. The monoisotopic (exact) mass is 487 g/mol. The summed E-state index contributed by atoms with van der Waals surface area (Å²) < 4.78 is 38.4. The average Bonchev–Trinajstić information content (AvgIpc) is 2.83. The van der Waals surface area contributed by atoms with E-state index in [1.54, 1.807) is 18.2 Å². The SMILES string of the molecule is O=C(O)COc1ccc(Cl)cc1C1c2ccccc2CCN1C(=O)OCc1cccc(F)c1F. The number of carboxylic acids is 1. The molecule has 0 fully saturated rings. The summed E-state index contributed by atoms with van der Waals surface area (Å²) in [7, 11) is 0. The van der Waals surface area contributed by atoms with Gasteiger partial charge in [0, 0.05) is 22.7 Å². The predicted octanol–water partition coefficient (Wildman–Crippen LogP) is 5.37. The molecule has 0 saturated carbocycles. The van der Waals surface area contributed by atoms with E-state index in [0.29, 0.717) is 17.0 Å². The summed E-state index contributed by atoms with van der Waals surface area (Å²) >= 11 is 6.24. The standard InChI is InChI=1S/C25H20ClF2NO5/c26-17-8-9-21(33-14-22(30)31)19(12-17)24-18-6-2-1-4-15(18)10-11-29(24)25(32)34-13-16-5-3-7-20(27)23(16)28/h1-9,12,24H,10-11,13-14H2,(H,30,31). The van der Waals surface area contributed by atoms with Crippen molar-refractivity contribution in [3.8, 4) is 5.75 Å². The van der Waals surface area contributed by atoms with Gasteiger partial charge in [-0.3, -0.25) is 4.90 Å². The second-order valence-corrected chi connectivity index (χ2v) is 8.11. The van der Waals surface area contributed by atoms with Crippen LogP contribution in [-0.4, -0.2) is 35.2 Å². The first-order valence-corrected chi connectivity index (χ1v) is 10.8. The summed E-state index contributed by atoms with van der Waals surface area (Å²) in [6, 6.07) is 15.2. The number of aliphatic carboxylic acids is 1. The van der Waals surface area contributed by atoms with E-state index < -0.39 is 43.0 Å². The Kier molecular flexibility index (Phi) is 6.98. The van der Waals surface area contributed by atoms with Gasteiger partial charge in [-0.1, -0.05) is 48.0 Å². The third kappa shape index (κ3) is 4.97. The van der Waals surface area contributed by atoms with Gasteiger partial charge in [0.1, 0.15) is 12.4 Å². The molecule has 1 atom stereocenters. The van der Waals surface area contributed by atoms with E-state index in [0.717, 1.165) is 17.2 Å². The van der Waals surface area contributed by atoms with E-state index in [1.165, 1.54) is 17.0 Å². The van der Waals surface area contributed by atoms with Gasteiger partial charge < -0.3 is 14.6 Å². The lowest BCUT2D eigenvalue weighted by Crippen LogP contribution is -2.41. The largest absolute Gasteiger partial charge is 0.482 e. The van der Waals surface area contributed by atoms with Crippen LogP contribution in [0.3, 0.4) is 0 Å². The van der Waals surface area contributed by atoms with Crippen LogP contribution in [0.1, 0.15) is 28.3 Å². The molecule has 0 radical (unpaired) electrons. The van der Waals surface area contributed by atoms with E-state index in [4.69, 9.17) is 26.2 Å². The normalized spacial score (nSPS) is 14.9. The van der Waals surface area contributed by atoms with E-state index in [-0.39, 0.29) is 17.9 Å². The van der Waals surface area contributed by atoms with Gasteiger partial charge in [-0.05, 0) is 41.8 Å². The van der Waals surface area contributed by atoms with E-state index in [1.807, 2.05) is 24.3 Å². The lowest BCUT2D eigenvalue weighted by molar-refractivity contribution is -0.139.